The van der Waals surface area contributed by atoms with Crippen molar-refractivity contribution in [3.63, 3.8) is 0 Å². The average Bonchev–Trinajstić information content (AvgIpc) is 3.02. The molecule has 72 valence electrons. The van der Waals surface area contributed by atoms with Crippen molar-refractivity contribution in [2.24, 2.45) is 0 Å². The van der Waals surface area contributed by atoms with Crippen molar-refractivity contribution < 1.29 is 4.74 Å². The lowest BCUT2D eigenvalue weighted by Crippen LogP contribution is -2.03. The molecule has 0 atom stereocenters. The summed E-state index contributed by atoms with van der Waals surface area (Å²) in [5, 5.41) is 11.8. The zero-order valence-corrected chi connectivity index (χ0v) is 7.95. The van der Waals surface area contributed by atoms with E-state index in [-0.39, 0.29) is 6.10 Å². The predicted molar refractivity (Wildman–Crippen MR) is 52.1 cm³/mol. The first kappa shape index (κ1) is 8.82. The molecule has 1 fully saturated rings. The van der Waals surface area contributed by atoms with Gasteiger partial charge in [0.1, 0.15) is 6.07 Å². The first-order valence-corrected chi connectivity index (χ1v) is 4.58. The van der Waals surface area contributed by atoms with Crippen LogP contribution in [0.2, 0.25) is 0 Å². The van der Waals surface area contributed by atoms with Crippen molar-refractivity contribution in [3.05, 3.63) is 18.0 Å². The van der Waals surface area contributed by atoms with Gasteiger partial charge in [0.2, 0.25) is 0 Å². The molecular weight excluding hydrogens is 178 g/mol. The van der Waals surface area contributed by atoms with Crippen LogP contribution in [0, 0.1) is 11.3 Å². The molecule has 0 unspecified atom stereocenters. The molecule has 1 aromatic rings. The van der Waals surface area contributed by atoms with Crippen LogP contribution in [-0.2, 0) is 0 Å². The van der Waals surface area contributed by atoms with E-state index < -0.39 is 0 Å². The molecule has 1 aliphatic carbocycles. The highest BCUT2D eigenvalue weighted by Gasteiger charge is 2.26. The maximum Gasteiger partial charge on any atom is 0.184 e. The molecule has 0 bridgehead atoms. The average molecular weight is 189 g/mol. The minimum Gasteiger partial charge on any atom is -0.485 e. The molecule has 14 heavy (non-hydrogen) atoms. The highest BCUT2D eigenvalue weighted by atomic mass is 16.5. The van der Waals surface area contributed by atoms with Gasteiger partial charge in [0, 0.05) is 13.2 Å². The van der Waals surface area contributed by atoms with E-state index in [0.29, 0.717) is 11.4 Å². The first-order valence-electron chi connectivity index (χ1n) is 4.58. The Balaban J connectivity index is 2.35. The summed E-state index contributed by atoms with van der Waals surface area (Å²) in [5.74, 6) is 0.583. The number of hydrogen-bond donors (Lipinski definition) is 1. The molecule has 0 radical (unpaired) electrons. The number of nitrogens with one attached hydrogen (secondary N) is 1. The Morgan fingerprint density at radius 3 is 3.00 bits per heavy atom. The Labute approximate surface area is 82.5 Å². The number of aromatic nitrogens is 1. The summed E-state index contributed by atoms with van der Waals surface area (Å²) in [6.07, 6.45) is 4.02. The van der Waals surface area contributed by atoms with Crippen LogP contribution in [0.4, 0.5) is 5.69 Å². The summed E-state index contributed by atoms with van der Waals surface area (Å²) in [7, 11) is 1.80. The number of rotatable bonds is 3. The molecule has 1 aliphatic rings. The zero-order chi connectivity index (χ0) is 9.97. The number of nitrogens with zero attached hydrogens (tertiary/aromatic N) is 2. The van der Waals surface area contributed by atoms with Gasteiger partial charge in [-0.15, -0.1) is 0 Å². The Kier molecular flexibility index (Phi) is 2.23. The molecule has 0 aromatic carbocycles. The van der Waals surface area contributed by atoms with Gasteiger partial charge in [0.05, 0.1) is 11.8 Å². The van der Waals surface area contributed by atoms with E-state index >= 15 is 0 Å². The van der Waals surface area contributed by atoms with Gasteiger partial charge in [0.15, 0.2) is 11.4 Å². The second-order valence-electron chi connectivity index (χ2n) is 3.22. The van der Waals surface area contributed by atoms with Crippen molar-refractivity contribution in [2.75, 3.05) is 12.4 Å². The number of anilines is 1. The standard InChI is InChI=1S/C10H11N3O/c1-12-8-4-5-13-9(6-11)10(8)14-7-2-3-7/h4-5,7H,2-3H2,1H3,(H,12,13). The number of hydrogen-bond acceptors (Lipinski definition) is 4. The van der Waals surface area contributed by atoms with Crippen LogP contribution in [0.15, 0.2) is 12.3 Å². The molecular formula is C10H11N3O. The minimum absolute atomic E-state index is 0.276. The van der Waals surface area contributed by atoms with Crippen LogP contribution in [0.3, 0.4) is 0 Å². The molecule has 1 heterocycles. The molecule has 2 rings (SSSR count). The molecule has 0 amide bonds. The Morgan fingerprint density at radius 1 is 1.64 bits per heavy atom. The van der Waals surface area contributed by atoms with Crippen molar-refractivity contribution in [1.29, 1.82) is 5.26 Å². The molecule has 4 nitrogen and oxygen atoms in total. The Hall–Kier alpha value is -1.76. The molecule has 4 heteroatoms. The molecule has 0 saturated heterocycles. The van der Waals surface area contributed by atoms with Crippen LogP contribution in [-0.4, -0.2) is 18.1 Å². The summed E-state index contributed by atoms with van der Waals surface area (Å²) >= 11 is 0. The summed E-state index contributed by atoms with van der Waals surface area (Å²) in [6.45, 7) is 0. The van der Waals surface area contributed by atoms with Crippen LogP contribution >= 0.6 is 0 Å². The van der Waals surface area contributed by atoms with Crippen LogP contribution < -0.4 is 10.1 Å². The minimum atomic E-state index is 0.276. The third-order valence-corrected chi connectivity index (χ3v) is 2.09. The monoisotopic (exact) mass is 189 g/mol. The SMILES string of the molecule is CNc1ccnc(C#N)c1OC1CC1. The smallest absolute Gasteiger partial charge is 0.184 e. The van der Waals surface area contributed by atoms with E-state index in [9.17, 15) is 0 Å². The molecule has 1 aromatic heterocycles. The summed E-state index contributed by atoms with van der Waals surface area (Å²) < 4.78 is 5.62. The third-order valence-electron chi connectivity index (χ3n) is 2.09. The van der Waals surface area contributed by atoms with Crippen LogP contribution in [0.25, 0.3) is 0 Å². The highest BCUT2D eigenvalue weighted by Crippen LogP contribution is 2.33. The molecule has 0 aliphatic heterocycles. The van der Waals surface area contributed by atoms with Crippen molar-refractivity contribution >= 4 is 5.69 Å². The van der Waals surface area contributed by atoms with Gasteiger partial charge < -0.3 is 10.1 Å². The highest BCUT2D eigenvalue weighted by molar-refractivity contribution is 5.60. The second-order valence-corrected chi connectivity index (χ2v) is 3.22. The van der Waals surface area contributed by atoms with E-state index in [1.165, 1.54) is 0 Å². The molecule has 1 saturated carbocycles. The Bertz CT molecular complexity index is 379. The lowest BCUT2D eigenvalue weighted by atomic mass is 10.3. The maximum atomic E-state index is 8.85. The molecule has 1 N–H and O–H groups in total. The van der Waals surface area contributed by atoms with Crippen molar-refractivity contribution in [2.45, 2.75) is 18.9 Å². The summed E-state index contributed by atoms with van der Waals surface area (Å²) in [5.41, 5.74) is 1.17. The topological polar surface area (TPSA) is 57.9 Å². The fourth-order valence-electron chi connectivity index (χ4n) is 1.20. The van der Waals surface area contributed by atoms with Gasteiger partial charge in [-0.05, 0) is 18.9 Å². The molecule has 0 spiro atoms. The van der Waals surface area contributed by atoms with E-state index in [0.717, 1.165) is 18.5 Å². The number of pyridine rings is 1. The van der Waals surface area contributed by atoms with Gasteiger partial charge in [-0.1, -0.05) is 0 Å². The fourth-order valence-corrected chi connectivity index (χ4v) is 1.20. The van der Waals surface area contributed by atoms with Crippen LogP contribution in [0.1, 0.15) is 18.5 Å². The van der Waals surface area contributed by atoms with E-state index in [2.05, 4.69) is 10.3 Å². The normalized spacial score (nSPS) is 14.6. The Morgan fingerprint density at radius 2 is 2.43 bits per heavy atom. The summed E-state index contributed by atoms with van der Waals surface area (Å²) in [6, 6.07) is 3.83. The largest absolute Gasteiger partial charge is 0.485 e. The third kappa shape index (κ3) is 1.62. The zero-order valence-electron chi connectivity index (χ0n) is 7.95. The van der Waals surface area contributed by atoms with E-state index in [4.69, 9.17) is 10.00 Å². The van der Waals surface area contributed by atoms with Crippen LogP contribution in [0.5, 0.6) is 5.75 Å². The first-order chi connectivity index (χ1) is 6.85. The van der Waals surface area contributed by atoms with Gasteiger partial charge in [0.25, 0.3) is 0 Å². The summed E-state index contributed by atoms with van der Waals surface area (Å²) in [4.78, 5) is 3.96. The lowest BCUT2D eigenvalue weighted by molar-refractivity contribution is 0.302. The maximum absolute atomic E-state index is 8.85. The van der Waals surface area contributed by atoms with Gasteiger partial charge in [-0.2, -0.15) is 5.26 Å². The number of nitriles is 1. The quantitative estimate of drug-likeness (QED) is 0.783. The van der Waals surface area contributed by atoms with E-state index in [1.807, 2.05) is 6.07 Å². The second kappa shape index (κ2) is 3.54. The van der Waals surface area contributed by atoms with Crippen molar-refractivity contribution in [1.82, 2.24) is 4.98 Å². The number of ether oxygens (including phenoxy) is 1. The van der Waals surface area contributed by atoms with Gasteiger partial charge in [-0.3, -0.25) is 0 Å². The lowest BCUT2D eigenvalue weighted by Gasteiger charge is -2.10. The fraction of sp³-hybridized carbons (Fsp3) is 0.400. The van der Waals surface area contributed by atoms with E-state index in [1.54, 1.807) is 19.3 Å². The van der Waals surface area contributed by atoms with Crippen molar-refractivity contribution in [3.8, 4) is 11.8 Å². The van der Waals surface area contributed by atoms with Gasteiger partial charge in [-0.25, -0.2) is 4.98 Å². The predicted octanol–water partition coefficient (Wildman–Crippen LogP) is 1.54. The van der Waals surface area contributed by atoms with Gasteiger partial charge >= 0.3 is 0 Å².